The summed E-state index contributed by atoms with van der Waals surface area (Å²) < 4.78 is 0. The molecule has 0 aromatic heterocycles. The molecule has 1 aromatic carbocycles. The predicted octanol–water partition coefficient (Wildman–Crippen LogP) is 1.91. The third kappa shape index (κ3) is 1.16. The van der Waals surface area contributed by atoms with Crippen LogP contribution in [0.25, 0.3) is 0 Å². The summed E-state index contributed by atoms with van der Waals surface area (Å²) in [6.45, 7) is 2.94. The normalized spacial score (nSPS) is 15.4. The predicted molar refractivity (Wildman–Crippen MR) is 56.8 cm³/mol. The van der Waals surface area contributed by atoms with Crippen LogP contribution in [0.15, 0.2) is 23.5 Å². The van der Waals surface area contributed by atoms with Gasteiger partial charge in [0.05, 0.1) is 0 Å². The van der Waals surface area contributed by atoms with E-state index in [9.17, 15) is 19.8 Å². The number of carbonyl (C=O) groups is 2. The molecule has 1 aliphatic carbocycles. The molecule has 0 bridgehead atoms. The van der Waals surface area contributed by atoms with E-state index in [0.29, 0.717) is 5.56 Å². The van der Waals surface area contributed by atoms with Gasteiger partial charge in [0, 0.05) is 22.3 Å². The molecule has 16 heavy (non-hydrogen) atoms. The van der Waals surface area contributed by atoms with Gasteiger partial charge in [-0.25, -0.2) is 0 Å². The van der Waals surface area contributed by atoms with Gasteiger partial charge < -0.3 is 10.2 Å². The largest absolute Gasteiger partial charge is 0.508 e. The molecule has 0 atom stereocenters. The maximum atomic E-state index is 11.8. The Balaban J connectivity index is 2.82. The van der Waals surface area contributed by atoms with Gasteiger partial charge in [0.1, 0.15) is 5.75 Å². The zero-order chi connectivity index (χ0) is 12.0. The van der Waals surface area contributed by atoms with Gasteiger partial charge in [-0.05, 0) is 26.0 Å². The molecule has 0 amide bonds. The second-order valence-corrected chi connectivity index (χ2v) is 3.76. The van der Waals surface area contributed by atoms with Crippen LogP contribution in [0.3, 0.4) is 0 Å². The Morgan fingerprint density at radius 2 is 1.62 bits per heavy atom. The number of carbonyl (C=O) groups excluding carboxylic acids is 2. The SMILES string of the molecule is CC1=C(O)C(=O)c2c(ccc(O)c2C)C1=O. The molecule has 82 valence electrons. The summed E-state index contributed by atoms with van der Waals surface area (Å²) in [6.07, 6.45) is 0. The van der Waals surface area contributed by atoms with E-state index in [-0.39, 0.29) is 28.2 Å². The number of phenols is 1. The first-order valence-corrected chi connectivity index (χ1v) is 4.77. The fraction of sp³-hybridized carbons (Fsp3) is 0.167. The lowest BCUT2D eigenvalue weighted by Crippen LogP contribution is -2.21. The number of aliphatic hydroxyl groups excluding tert-OH is 1. The molecular formula is C12H10O4. The van der Waals surface area contributed by atoms with E-state index in [4.69, 9.17) is 0 Å². The number of Topliss-reactive ketones (excluding diaryl/α,β-unsaturated/α-hetero) is 2. The Morgan fingerprint density at radius 1 is 1.00 bits per heavy atom. The molecule has 2 N–H and O–H groups in total. The number of phenolic OH excluding ortho intramolecular Hbond substituents is 1. The molecule has 1 aromatic rings. The van der Waals surface area contributed by atoms with E-state index in [1.807, 2.05) is 0 Å². The van der Waals surface area contributed by atoms with Crippen LogP contribution in [-0.4, -0.2) is 21.8 Å². The van der Waals surface area contributed by atoms with Crippen LogP contribution in [0.5, 0.6) is 5.75 Å². The highest BCUT2D eigenvalue weighted by molar-refractivity contribution is 6.26. The second-order valence-electron chi connectivity index (χ2n) is 3.76. The van der Waals surface area contributed by atoms with Crippen molar-refractivity contribution in [3.8, 4) is 5.75 Å². The van der Waals surface area contributed by atoms with E-state index >= 15 is 0 Å². The summed E-state index contributed by atoms with van der Waals surface area (Å²) in [7, 11) is 0. The van der Waals surface area contributed by atoms with E-state index in [0.717, 1.165) is 0 Å². The first kappa shape index (κ1) is 10.4. The highest BCUT2D eigenvalue weighted by Crippen LogP contribution is 2.31. The quantitative estimate of drug-likeness (QED) is 0.697. The van der Waals surface area contributed by atoms with Crippen molar-refractivity contribution in [1.29, 1.82) is 0 Å². The minimum Gasteiger partial charge on any atom is -0.508 e. The van der Waals surface area contributed by atoms with Crippen molar-refractivity contribution >= 4 is 11.6 Å². The van der Waals surface area contributed by atoms with Crippen LogP contribution in [0, 0.1) is 6.92 Å². The molecule has 4 nitrogen and oxygen atoms in total. The molecule has 4 heteroatoms. The number of ketones is 2. The summed E-state index contributed by atoms with van der Waals surface area (Å²) in [5, 5.41) is 19.0. The Kier molecular flexibility index (Phi) is 2.08. The van der Waals surface area contributed by atoms with Gasteiger partial charge in [-0.2, -0.15) is 0 Å². The van der Waals surface area contributed by atoms with Gasteiger partial charge in [0.25, 0.3) is 0 Å². The number of rotatable bonds is 0. The number of hydrogen-bond donors (Lipinski definition) is 2. The summed E-state index contributed by atoms with van der Waals surface area (Å²) >= 11 is 0. The topological polar surface area (TPSA) is 74.6 Å². The van der Waals surface area contributed by atoms with Crippen LogP contribution in [0.1, 0.15) is 33.2 Å². The summed E-state index contributed by atoms with van der Waals surface area (Å²) in [5.41, 5.74) is 0.682. The number of aliphatic hydroxyl groups is 1. The first-order chi connectivity index (χ1) is 7.45. The van der Waals surface area contributed by atoms with Crippen LogP contribution < -0.4 is 0 Å². The van der Waals surface area contributed by atoms with Gasteiger partial charge in [0.2, 0.25) is 5.78 Å². The third-order valence-electron chi connectivity index (χ3n) is 2.82. The summed E-state index contributed by atoms with van der Waals surface area (Å²) in [4.78, 5) is 23.6. The maximum absolute atomic E-state index is 11.8. The molecular weight excluding hydrogens is 208 g/mol. The van der Waals surface area contributed by atoms with Gasteiger partial charge >= 0.3 is 0 Å². The molecule has 0 fully saturated rings. The number of fused-ring (bicyclic) bond motifs is 1. The highest BCUT2D eigenvalue weighted by Gasteiger charge is 2.31. The lowest BCUT2D eigenvalue weighted by Gasteiger charge is -2.17. The van der Waals surface area contributed by atoms with E-state index in [2.05, 4.69) is 0 Å². The zero-order valence-electron chi connectivity index (χ0n) is 8.87. The van der Waals surface area contributed by atoms with E-state index < -0.39 is 11.5 Å². The molecule has 0 saturated carbocycles. The number of allylic oxidation sites excluding steroid dienone is 2. The van der Waals surface area contributed by atoms with Gasteiger partial charge in [0.15, 0.2) is 11.5 Å². The Labute approximate surface area is 91.8 Å². The van der Waals surface area contributed by atoms with Crippen molar-refractivity contribution in [2.24, 2.45) is 0 Å². The molecule has 1 aliphatic rings. The fourth-order valence-corrected chi connectivity index (χ4v) is 1.78. The molecule has 0 unspecified atom stereocenters. The van der Waals surface area contributed by atoms with Crippen LogP contribution in [-0.2, 0) is 0 Å². The van der Waals surface area contributed by atoms with Crippen molar-refractivity contribution < 1.29 is 19.8 Å². The highest BCUT2D eigenvalue weighted by atomic mass is 16.3. The van der Waals surface area contributed by atoms with Crippen molar-refractivity contribution in [3.05, 3.63) is 40.2 Å². The Bertz CT molecular complexity index is 552. The molecule has 0 saturated heterocycles. The standard InChI is InChI=1S/C12H10O4/c1-5-8(13)4-3-7-9(5)12(16)11(15)6(2)10(7)14/h3-4,13,15H,1-2H3. The average molecular weight is 218 g/mol. The first-order valence-electron chi connectivity index (χ1n) is 4.77. The number of hydrogen-bond acceptors (Lipinski definition) is 4. The monoisotopic (exact) mass is 218 g/mol. The maximum Gasteiger partial charge on any atom is 0.228 e. The molecule has 2 rings (SSSR count). The molecule has 0 heterocycles. The van der Waals surface area contributed by atoms with Crippen molar-refractivity contribution in [3.63, 3.8) is 0 Å². The summed E-state index contributed by atoms with van der Waals surface area (Å²) in [6, 6.07) is 2.77. The van der Waals surface area contributed by atoms with Crippen LogP contribution >= 0.6 is 0 Å². The average Bonchev–Trinajstić information content (AvgIpc) is 2.27. The van der Waals surface area contributed by atoms with Crippen molar-refractivity contribution in [2.75, 3.05) is 0 Å². The van der Waals surface area contributed by atoms with Gasteiger partial charge in [-0.3, -0.25) is 9.59 Å². The third-order valence-corrected chi connectivity index (χ3v) is 2.82. The zero-order valence-corrected chi connectivity index (χ0v) is 8.87. The second kappa shape index (κ2) is 3.20. The van der Waals surface area contributed by atoms with E-state index in [1.54, 1.807) is 0 Å². The Morgan fingerprint density at radius 3 is 2.25 bits per heavy atom. The summed E-state index contributed by atoms with van der Waals surface area (Å²) in [5.74, 6) is -1.59. The fourth-order valence-electron chi connectivity index (χ4n) is 1.78. The van der Waals surface area contributed by atoms with Crippen molar-refractivity contribution in [2.45, 2.75) is 13.8 Å². The molecule has 0 aliphatic heterocycles. The van der Waals surface area contributed by atoms with E-state index in [1.165, 1.54) is 26.0 Å². The minimum absolute atomic E-state index is 0.0441. The lowest BCUT2D eigenvalue weighted by molar-refractivity contribution is 0.0928. The van der Waals surface area contributed by atoms with Crippen LogP contribution in [0.4, 0.5) is 0 Å². The van der Waals surface area contributed by atoms with Gasteiger partial charge in [-0.15, -0.1) is 0 Å². The molecule has 0 spiro atoms. The Hall–Kier alpha value is -2.10. The van der Waals surface area contributed by atoms with Crippen molar-refractivity contribution in [1.82, 2.24) is 0 Å². The smallest absolute Gasteiger partial charge is 0.228 e. The number of benzene rings is 1. The minimum atomic E-state index is -0.611. The van der Waals surface area contributed by atoms with Gasteiger partial charge in [-0.1, -0.05) is 0 Å². The van der Waals surface area contributed by atoms with Crippen LogP contribution in [0.2, 0.25) is 0 Å². The number of aromatic hydroxyl groups is 1. The lowest BCUT2D eigenvalue weighted by atomic mass is 9.86. The molecule has 0 radical (unpaired) electrons.